The third-order valence-electron chi connectivity index (χ3n) is 2.44. The van der Waals surface area contributed by atoms with Crippen molar-refractivity contribution in [3.05, 3.63) is 39.6 Å². The molecular weight excluding hydrogens is 311 g/mol. The van der Waals surface area contributed by atoms with E-state index >= 15 is 0 Å². The number of nitriles is 1. The zero-order valence-electron chi connectivity index (χ0n) is 10.5. The first-order valence-corrected chi connectivity index (χ1v) is 6.72. The quantitative estimate of drug-likeness (QED) is 0.512. The molecule has 0 fully saturated rings. The maximum Gasteiger partial charge on any atom is 0.261 e. The number of carbonyl (C=O) groups is 1. The highest BCUT2D eigenvalue weighted by Gasteiger charge is 2.10. The van der Waals surface area contributed by atoms with Crippen LogP contribution < -0.4 is 5.32 Å². The molecule has 0 unspecified atom stereocenters. The molecule has 1 N–H and O–H groups in total. The summed E-state index contributed by atoms with van der Waals surface area (Å²) in [4.78, 5) is 11.7. The van der Waals surface area contributed by atoms with Crippen molar-refractivity contribution in [1.82, 2.24) is 5.32 Å². The Balaban J connectivity index is 2.90. The Labute approximate surface area is 120 Å². The predicted molar refractivity (Wildman–Crippen MR) is 75.6 cm³/mol. The van der Waals surface area contributed by atoms with Gasteiger partial charge in [-0.3, -0.25) is 4.79 Å². The van der Waals surface area contributed by atoms with Gasteiger partial charge in [0.1, 0.15) is 17.5 Å². The molecule has 0 saturated heterocycles. The van der Waals surface area contributed by atoms with Crippen LogP contribution in [0.1, 0.15) is 25.3 Å². The van der Waals surface area contributed by atoms with Crippen LogP contribution in [0.25, 0.3) is 6.08 Å². The second-order valence-electron chi connectivity index (χ2n) is 3.95. The van der Waals surface area contributed by atoms with E-state index < -0.39 is 11.7 Å². The van der Waals surface area contributed by atoms with Crippen molar-refractivity contribution in [2.24, 2.45) is 0 Å². The number of nitrogens with zero attached hydrogens (tertiary/aromatic N) is 1. The van der Waals surface area contributed by atoms with E-state index in [-0.39, 0.29) is 11.1 Å². The van der Waals surface area contributed by atoms with Crippen LogP contribution in [0.3, 0.4) is 0 Å². The molecule has 1 aromatic carbocycles. The van der Waals surface area contributed by atoms with Gasteiger partial charge in [0.25, 0.3) is 5.91 Å². The van der Waals surface area contributed by atoms with Crippen molar-refractivity contribution in [2.75, 3.05) is 6.54 Å². The maximum absolute atomic E-state index is 13.5. The van der Waals surface area contributed by atoms with E-state index in [2.05, 4.69) is 21.2 Å². The van der Waals surface area contributed by atoms with Crippen LogP contribution in [-0.4, -0.2) is 12.5 Å². The van der Waals surface area contributed by atoms with Gasteiger partial charge in [-0.15, -0.1) is 0 Å². The Bertz CT molecular complexity index is 535. The topological polar surface area (TPSA) is 52.9 Å². The van der Waals surface area contributed by atoms with Crippen molar-refractivity contribution in [2.45, 2.75) is 19.8 Å². The third-order valence-corrected chi connectivity index (χ3v) is 2.93. The van der Waals surface area contributed by atoms with Crippen LogP contribution in [0, 0.1) is 17.1 Å². The van der Waals surface area contributed by atoms with Crippen LogP contribution in [0.2, 0.25) is 0 Å². The van der Waals surface area contributed by atoms with Gasteiger partial charge in [-0.05, 0) is 30.7 Å². The first kappa shape index (κ1) is 15.4. The summed E-state index contributed by atoms with van der Waals surface area (Å²) in [6.45, 7) is 2.51. The van der Waals surface area contributed by atoms with Crippen LogP contribution in [0.15, 0.2) is 28.2 Å². The van der Waals surface area contributed by atoms with Gasteiger partial charge in [0.2, 0.25) is 0 Å². The molecule has 0 atom stereocenters. The number of benzene rings is 1. The van der Waals surface area contributed by atoms with E-state index in [1.54, 1.807) is 12.1 Å². The summed E-state index contributed by atoms with van der Waals surface area (Å²) in [7, 11) is 0. The zero-order valence-corrected chi connectivity index (χ0v) is 12.1. The van der Waals surface area contributed by atoms with Crippen LogP contribution >= 0.6 is 15.9 Å². The van der Waals surface area contributed by atoms with E-state index in [9.17, 15) is 9.18 Å². The molecule has 0 aliphatic carbocycles. The lowest BCUT2D eigenvalue weighted by atomic mass is 10.1. The highest BCUT2D eigenvalue weighted by molar-refractivity contribution is 9.10. The largest absolute Gasteiger partial charge is 0.351 e. The second kappa shape index (κ2) is 7.70. The molecule has 0 radical (unpaired) electrons. The number of nitrogens with one attached hydrogen (secondary N) is 1. The van der Waals surface area contributed by atoms with Gasteiger partial charge in [-0.2, -0.15) is 5.26 Å². The summed E-state index contributed by atoms with van der Waals surface area (Å²) in [5.74, 6) is -0.951. The zero-order chi connectivity index (χ0) is 14.3. The smallest absolute Gasteiger partial charge is 0.261 e. The van der Waals surface area contributed by atoms with Crippen molar-refractivity contribution in [3.8, 4) is 6.07 Å². The molecule has 3 nitrogen and oxygen atoms in total. The summed E-state index contributed by atoms with van der Waals surface area (Å²) < 4.78 is 14.2. The fraction of sp³-hybridized carbons (Fsp3) is 0.286. The van der Waals surface area contributed by atoms with Crippen molar-refractivity contribution in [3.63, 3.8) is 0 Å². The fourth-order valence-electron chi connectivity index (χ4n) is 1.40. The first-order valence-electron chi connectivity index (χ1n) is 5.93. The second-order valence-corrected chi connectivity index (χ2v) is 4.86. The Morgan fingerprint density at radius 2 is 2.32 bits per heavy atom. The van der Waals surface area contributed by atoms with E-state index in [1.807, 2.05) is 6.92 Å². The molecule has 0 aliphatic rings. The number of halogens is 2. The van der Waals surface area contributed by atoms with Gasteiger partial charge in [-0.1, -0.05) is 29.3 Å². The number of hydrogen-bond acceptors (Lipinski definition) is 2. The van der Waals surface area contributed by atoms with E-state index in [0.29, 0.717) is 11.0 Å². The number of unbranched alkanes of at least 4 members (excludes halogenated alkanes) is 1. The minimum absolute atomic E-state index is 0.104. The number of amides is 1. The normalized spacial score (nSPS) is 10.9. The molecule has 0 spiro atoms. The lowest BCUT2D eigenvalue weighted by Crippen LogP contribution is -2.25. The molecular formula is C14H14BrFN2O. The van der Waals surface area contributed by atoms with Gasteiger partial charge in [0, 0.05) is 16.6 Å². The molecule has 0 aliphatic heterocycles. The summed E-state index contributed by atoms with van der Waals surface area (Å²) in [6.07, 6.45) is 3.04. The van der Waals surface area contributed by atoms with Gasteiger partial charge in [-0.25, -0.2) is 4.39 Å². The van der Waals surface area contributed by atoms with Crippen molar-refractivity contribution < 1.29 is 9.18 Å². The van der Waals surface area contributed by atoms with E-state index in [4.69, 9.17) is 5.26 Å². The Morgan fingerprint density at radius 1 is 1.58 bits per heavy atom. The number of rotatable bonds is 5. The summed E-state index contributed by atoms with van der Waals surface area (Å²) in [5, 5.41) is 11.6. The molecule has 0 saturated carbocycles. The molecule has 1 rings (SSSR count). The molecule has 0 bridgehead atoms. The molecule has 0 aromatic heterocycles. The van der Waals surface area contributed by atoms with Gasteiger partial charge in [0.05, 0.1) is 0 Å². The van der Waals surface area contributed by atoms with Crippen molar-refractivity contribution in [1.29, 1.82) is 5.26 Å². The molecule has 5 heteroatoms. The highest BCUT2D eigenvalue weighted by atomic mass is 79.9. The third kappa shape index (κ3) is 4.84. The predicted octanol–water partition coefficient (Wildman–Crippen LogP) is 3.41. The molecule has 1 amide bonds. The maximum atomic E-state index is 13.5. The molecule has 19 heavy (non-hydrogen) atoms. The monoisotopic (exact) mass is 324 g/mol. The van der Waals surface area contributed by atoms with Crippen molar-refractivity contribution >= 4 is 27.9 Å². The summed E-state index contributed by atoms with van der Waals surface area (Å²) >= 11 is 3.22. The molecule has 1 aromatic rings. The minimum Gasteiger partial charge on any atom is -0.351 e. The van der Waals surface area contributed by atoms with Crippen LogP contribution in [0.5, 0.6) is 0 Å². The van der Waals surface area contributed by atoms with Gasteiger partial charge < -0.3 is 5.32 Å². The lowest BCUT2D eigenvalue weighted by Gasteiger charge is -2.03. The first-order chi connectivity index (χ1) is 9.08. The summed E-state index contributed by atoms with van der Waals surface area (Å²) in [5.41, 5.74) is 0.102. The molecule has 100 valence electrons. The highest BCUT2D eigenvalue weighted by Crippen LogP contribution is 2.18. The summed E-state index contributed by atoms with van der Waals surface area (Å²) in [6, 6.07) is 6.14. The Morgan fingerprint density at radius 3 is 2.95 bits per heavy atom. The Hall–Kier alpha value is -1.67. The SMILES string of the molecule is CCCCNC(=O)/C(C#N)=C/c1cc(Br)ccc1F. The fourth-order valence-corrected chi connectivity index (χ4v) is 1.78. The average Bonchev–Trinajstić information content (AvgIpc) is 2.39. The van der Waals surface area contributed by atoms with Crippen LogP contribution in [-0.2, 0) is 4.79 Å². The van der Waals surface area contributed by atoms with E-state index in [0.717, 1.165) is 12.8 Å². The number of hydrogen-bond donors (Lipinski definition) is 1. The number of carbonyl (C=O) groups excluding carboxylic acids is 1. The van der Waals surface area contributed by atoms with Crippen LogP contribution in [0.4, 0.5) is 4.39 Å². The average molecular weight is 325 g/mol. The Kier molecular flexibility index (Phi) is 6.23. The minimum atomic E-state index is -0.477. The standard InChI is InChI=1S/C14H14BrFN2O/c1-2-3-6-18-14(19)11(9-17)7-10-8-12(15)4-5-13(10)16/h4-5,7-8H,2-3,6H2,1H3,(H,18,19)/b11-7+. The van der Waals surface area contributed by atoms with Gasteiger partial charge in [0.15, 0.2) is 0 Å². The lowest BCUT2D eigenvalue weighted by molar-refractivity contribution is -0.117. The molecule has 0 heterocycles. The van der Waals surface area contributed by atoms with Gasteiger partial charge >= 0.3 is 0 Å². The van der Waals surface area contributed by atoms with E-state index in [1.165, 1.54) is 18.2 Å².